The molecule has 0 aromatic heterocycles. The van der Waals surface area contributed by atoms with Crippen molar-refractivity contribution in [1.29, 1.82) is 0 Å². The summed E-state index contributed by atoms with van der Waals surface area (Å²) in [6.45, 7) is -1.62. The Labute approximate surface area is 103 Å². The number of aliphatic hydroxyl groups excluding tert-OH is 4. The first-order valence-electron chi connectivity index (χ1n) is 4.24. The standard InChI is InChI=1S/C5H12O4.CH4N2O.H3O4P/c6-1-5(2-7,3-8)4-9;2-1(3)4;1-5(2,3)4/h6-9H,1-4H2;(H4,2,3,4);(H3,1,2,3,4). The fraction of sp³-hybridized carbons (Fsp3) is 0.833. The quantitative estimate of drug-likeness (QED) is 0.230. The van der Waals surface area contributed by atoms with Crippen molar-refractivity contribution in [1.82, 2.24) is 0 Å². The monoisotopic (exact) mass is 294 g/mol. The van der Waals surface area contributed by atoms with Crippen LogP contribution in [-0.4, -0.2) is 67.6 Å². The van der Waals surface area contributed by atoms with Crippen LogP contribution in [0.5, 0.6) is 0 Å². The van der Waals surface area contributed by atoms with E-state index in [-0.39, 0.29) is 0 Å². The second kappa shape index (κ2) is 11.3. The van der Waals surface area contributed by atoms with E-state index in [2.05, 4.69) is 11.5 Å². The van der Waals surface area contributed by atoms with Crippen LogP contribution in [0.2, 0.25) is 0 Å². The number of rotatable bonds is 4. The van der Waals surface area contributed by atoms with E-state index in [1.165, 1.54) is 0 Å². The molecule has 0 aromatic rings. The van der Waals surface area contributed by atoms with Gasteiger partial charge in [0, 0.05) is 0 Å². The number of nitrogens with two attached hydrogens (primary N) is 2. The van der Waals surface area contributed by atoms with Crippen LogP contribution in [0.25, 0.3) is 0 Å². The number of aliphatic hydroxyl groups is 4. The van der Waals surface area contributed by atoms with Crippen LogP contribution < -0.4 is 11.5 Å². The lowest BCUT2D eigenvalue weighted by atomic mass is 9.93. The van der Waals surface area contributed by atoms with Gasteiger partial charge in [-0.15, -0.1) is 0 Å². The third-order valence-electron chi connectivity index (χ3n) is 1.34. The first-order chi connectivity index (χ1) is 7.97. The Bertz CT molecular complexity index is 222. The first kappa shape index (κ1) is 22.4. The number of carbonyl (C=O) groups excluding carboxylic acids is 1. The molecule has 0 radical (unpaired) electrons. The Morgan fingerprint density at radius 1 is 0.889 bits per heavy atom. The molecule has 12 heteroatoms. The fourth-order valence-corrected chi connectivity index (χ4v) is 0.300. The zero-order valence-electron chi connectivity index (χ0n) is 9.38. The summed E-state index contributed by atoms with van der Waals surface area (Å²) in [5.41, 5.74) is 7.39. The number of phosphoric acid groups is 1. The minimum absolute atomic E-state index is 0.406. The van der Waals surface area contributed by atoms with Gasteiger partial charge in [0.05, 0.1) is 31.8 Å². The van der Waals surface area contributed by atoms with Crippen LogP contribution in [0.3, 0.4) is 0 Å². The average molecular weight is 294 g/mol. The molecule has 0 aromatic carbocycles. The SMILES string of the molecule is NC(N)=O.O=P(O)(O)O.OCC(CO)(CO)CO. The van der Waals surface area contributed by atoms with Gasteiger partial charge >= 0.3 is 13.9 Å². The minimum Gasteiger partial charge on any atom is -0.396 e. The summed E-state index contributed by atoms with van der Waals surface area (Å²) in [4.78, 5) is 30.6. The molecule has 0 spiro atoms. The van der Waals surface area contributed by atoms with E-state index in [1.54, 1.807) is 0 Å². The highest BCUT2D eigenvalue weighted by Crippen LogP contribution is 2.25. The molecular weight excluding hydrogens is 275 g/mol. The van der Waals surface area contributed by atoms with Crippen LogP contribution in [0.1, 0.15) is 0 Å². The van der Waals surface area contributed by atoms with Gasteiger partial charge in [-0.2, -0.15) is 0 Å². The van der Waals surface area contributed by atoms with Crippen LogP contribution >= 0.6 is 7.82 Å². The van der Waals surface area contributed by atoms with Crippen molar-refractivity contribution in [2.45, 2.75) is 0 Å². The number of hydrogen-bond acceptors (Lipinski definition) is 6. The van der Waals surface area contributed by atoms with Crippen molar-refractivity contribution in [3.8, 4) is 0 Å². The van der Waals surface area contributed by atoms with Gasteiger partial charge in [0.15, 0.2) is 0 Å². The molecule has 0 bridgehead atoms. The third-order valence-corrected chi connectivity index (χ3v) is 1.34. The molecule has 0 unspecified atom stereocenters. The molecule has 0 aliphatic carbocycles. The lowest BCUT2D eigenvalue weighted by Crippen LogP contribution is -2.37. The van der Waals surface area contributed by atoms with Gasteiger partial charge in [-0.25, -0.2) is 9.36 Å². The van der Waals surface area contributed by atoms with Gasteiger partial charge in [-0.1, -0.05) is 0 Å². The second-order valence-corrected chi connectivity index (χ2v) is 4.07. The molecule has 112 valence electrons. The molecule has 0 heterocycles. The molecule has 0 rings (SSSR count). The second-order valence-electron chi connectivity index (χ2n) is 3.05. The Kier molecular flexibility index (Phi) is 14.1. The van der Waals surface area contributed by atoms with Gasteiger partial charge in [0.2, 0.25) is 0 Å². The molecule has 0 aliphatic rings. The predicted octanol–water partition coefficient (Wildman–Crippen LogP) is -3.96. The van der Waals surface area contributed by atoms with Crippen molar-refractivity contribution in [3.05, 3.63) is 0 Å². The zero-order valence-corrected chi connectivity index (χ0v) is 10.3. The molecule has 11 N–H and O–H groups in total. The Morgan fingerprint density at radius 3 is 1.00 bits per heavy atom. The summed E-state index contributed by atoms with van der Waals surface area (Å²) < 4.78 is 8.88. The first-order valence-corrected chi connectivity index (χ1v) is 5.81. The lowest BCUT2D eigenvalue weighted by molar-refractivity contribution is -0.0328. The summed E-state index contributed by atoms with van der Waals surface area (Å²) in [7, 11) is -4.64. The summed E-state index contributed by atoms with van der Waals surface area (Å²) in [5.74, 6) is 0. The van der Waals surface area contributed by atoms with Crippen molar-refractivity contribution < 1.29 is 44.5 Å². The van der Waals surface area contributed by atoms with Gasteiger partial charge in [-0.05, 0) is 0 Å². The Hall–Kier alpha value is -0.780. The molecule has 11 nitrogen and oxygen atoms in total. The lowest BCUT2D eigenvalue weighted by Gasteiger charge is -2.23. The van der Waals surface area contributed by atoms with E-state index in [0.717, 1.165) is 0 Å². The largest absolute Gasteiger partial charge is 0.466 e. The third kappa shape index (κ3) is 24.4. The zero-order chi connectivity index (χ0) is 15.4. The smallest absolute Gasteiger partial charge is 0.396 e. The number of urea groups is 1. The highest BCUT2D eigenvalue weighted by molar-refractivity contribution is 7.45. The maximum Gasteiger partial charge on any atom is 0.466 e. The highest BCUT2D eigenvalue weighted by Gasteiger charge is 2.26. The molecular formula is C6H19N2O9P. The van der Waals surface area contributed by atoms with Crippen molar-refractivity contribution in [3.63, 3.8) is 0 Å². The molecule has 0 saturated carbocycles. The predicted molar refractivity (Wildman–Crippen MR) is 58.8 cm³/mol. The highest BCUT2D eigenvalue weighted by atomic mass is 31.2. The van der Waals surface area contributed by atoms with Gasteiger partial charge in [0.1, 0.15) is 0 Å². The van der Waals surface area contributed by atoms with E-state index in [1.807, 2.05) is 0 Å². The molecule has 2 amide bonds. The van der Waals surface area contributed by atoms with E-state index < -0.39 is 45.7 Å². The molecule has 0 fully saturated rings. The number of hydrogen-bond donors (Lipinski definition) is 9. The molecule has 0 saturated heterocycles. The van der Waals surface area contributed by atoms with Gasteiger partial charge in [-0.3, -0.25) is 0 Å². The maximum atomic E-state index is 9.00. The fourth-order valence-electron chi connectivity index (χ4n) is 0.300. The Morgan fingerprint density at radius 2 is 1.00 bits per heavy atom. The summed E-state index contributed by atoms with van der Waals surface area (Å²) in [5, 5.41) is 34.0. The molecule has 0 aliphatic heterocycles. The van der Waals surface area contributed by atoms with Crippen molar-refractivity contribution >= 4 is 13.9 Å². The number of carbonyl (C=O) groups is 1. The van der Waals surface area contributed by atoms with E-state index in [0.29, 0.717) is 0 Å². The van der Waals surface area contributed by atoms with Crippen LogP contribution in [0.4, 0.5) is 4.79 Å². The molecule has 0 atom stereocenters. The van der Waals surface area contributed by atoms with Crippen LogP contribution in [-0.2, 0) is 4.57 Å². The molecule has 18 heavy (non-hydrogen) atoms. The van der Waals surface area contributed by atoms with Crippen molar-refractivity contribution in [2.24, 2.45) is 16.9 Å². The van der Waals surface area contributed by atoms with E-state index >= 15 is 0 Å². The average Bonchev–Trinajstić information content (AvgIpc) is 2.19. The number of amides is 2. The van der Waals surface area contributed by atoms with Crippen LogP contribution in [0, 0.1) is 5.41 Å². The van der Waals surface area contributed by atoms with E-state index in [9.17, 15) is 0 Å². The topological polar surface area (TPSA) is 228 Å². The van der Waals surface area contributed by atoms with Crippen LogP contribution in [0.15, 0.2) is 0 Å². The number of primary amides is 2. The summed E-state index contributed by atoms with van der Waals surface area (Å²) in [6.07, 6.45) is 0. The Balaban J connectivity index is -0.000000212. The van der Waals surface area contributed by atoms with Gasteiger partial charge < -0.3 is 46.6 Å². The normalized spacial score (nSPS) is 10.6. The minimum atomic E-state index is -4.64. The van der Waals surface area contributed by atoms with Gasteiger partial charge in [0.25, 0.3) is 0 Å². The van der Waals surface area contributed by atoms with E-state index in [4.69, 9.17) is 44.5 Å². The summed E-state index contributed by atoms with van der Waals surface area (Å²) >= 11 is 0. The maximum absolute atomic E-state index is 9.00. The van der Waals surface area contributed by atoms with Crippen molar-refractivity contribution in [2.75, 3.05) is 26.4 Å². The summed E-state index contributed by atoms with van der Waals surface area (Å²) in [6, 6.07) is -0.833.